The van der Waals surface area contributed by atoms with Crippen molar-refractivity contribution in [1.29, 1.82) is 0 Å². The minimum atomic E-state index is -1.07. The summed E-state index contributed by atoms with van der Waals surface area (Å²) in [4.78, 5) is 207. The Kier molecular flexibility index (Phi) is 34.7. The molecule has 0 bridgehead atoms. The minimum Gasteiger partial charge on any atom is -0.480 e. The van der Waals surface area contributed by atoms with Gasteiger partial charge >= 0.3 is 48.4 Å². The van der Waals surface area contributed by atoms with Crippen LogP contribution in [0.3, 0.4) is 0 Å². The highest BCUT2D eigenvalue weighted by atomic mass is 16.6. The molecule has 1 unspecified atom stereocenters. The maximum atomic E-state index is 13.9. The van der Waals surface area contributed by atoms with E-state index in [2.05, 4.69) is 55.7 Å². The van der Waals surface area contributed by atoms with Crippen LogP contribution < -0.4 is 24.5 Å². The third-order valence-electron chi connectivity index (χ3n) is 29.2. The number of ketones is 1. The number of Topliss-reactive ketones (excluding diaryl/α,β-unsaturated/α-hetero) is 1. The minimum absolute atomic E-state index is 0.00440. The highest BCUT2D eigenvalue weighted by Crippen LogP contribution is 2.54. The van der Waals surface area contributed by atoms with E-state index >= 15 is 0 Å². The molecule has 5 spiro atoms. The number of aliphatic hydroxyl groups excluding tert-OH is 1. The van der Waals surface area contributed by atoms with Crippen molar-refractivity contribution in [3.8, 4) is 0 Å². The number of nitrogens with zero attached hydrogens (tertiary/aromatic N) is 15. The van der Waals surface area contributed by atoms with Gasteiger partial charge < -0.3 is 102 Å². The number of aromatic nitrogens is 6. The molecular formula is C109H138N16O23. The number of aryl methyl sites for hydroxylation is 4. The molecule has 3 aromatic heterocycles. The van der Waals surface area contributed by atoms with Crippen LogP contribution in [0.4, 0.5) is 52.4 Å². The van der Waals surface area contributed by atoms with Gasteiger partial charge in [-0.2, -0.15) is 0 Å². The fourth-order valence-electron chi connectivity index (χ4n) is 22.0. The predicted molar refractivity (Wildman–Crippen MR) is 546 cm³/mol. The van der Waals surface area contributed by atoms with E-state index in [1.54, 1.807) is 92.3 Å². The van der Waals surface area contributed by atoms with E-state index in [9.17, 15) is 72.2 Å². The number of fused-ring (bicyclic) bond motifs is 10. The first-order valence-corrected chi connectivity index (χ1v) is 51.8. The number of aliphatic hydroxyl groups is 1. The third kappa shape index (κ3) is 21.0. The number of para-hydroxylation sites is 5. The summed E-state index contributed by atoms with van der Waals surface area (Å²) in [6, 6.07) is 37.9. The number of rotatable bonds is 34. The largest absolute Gasteiger partial charge is 0.480 e. The van der Waals surface area contributed by atoms with Gasteiger partial charge in [-0.1, -0.05) is 146 Å². The van der Waals surface area contributed by atoms with Crippen LogP contribution in [0.15, 0.2) is 121 Å². The van der Waals surface area contributed by atoms with Gasteiger partial charge in [0.2, 0.25) is 29.5 Å². The number of aliphatic carboxylic acids is 1. The number of ether oxygens (including phenoxy) is 7. The van der Waals surface area contributed by atoms with Crippen molar-refractivity contribution in [3.05, 3.63) is 201 Å². The average Bonchev–Trinajstić information content (AvgIpc) is 1.54. The number of carbonyl (C=O) groups is 14. The predicted octanol–water partition coefficient (Wildman–Crippen LogP) is 12.3. The molecular weight excluding hydrogens is 1900 g/mol. The maximum Gasteiger partial charge on any atom is 0.409 e. The highest BCUT2D eigenvalue weighted by molar-refractivity contribution is 6.15. The molecule has 5 fully saturated rings. The number of unbranched alkanes of at least 4 members (excludes halogenated alkanes) is 2. The molecule has 5 saturated heterocycles. The standard InChI is InChI=1S/C27H36N4O5.C25H34N4O4.C21H26N4O3.C21H26N2O6.C15H16N2O5/c1-5-21-22(6-2)30(14-10-11-15-36-19(4)32)24(28-21)16-31-23-13-9-8-12-20(23)27(25(31)33)17-29(18-27)26(34)35-7-3;1-4-19-20(5-2)28(13-9-10-14-30)22(26-19)15-29-21-12-8-7-11-18(21)25(23(29)31)16-27(17-25)24(32)33-6-3;1-4-15-16(5-2)23-18(22-15)11-25-17-10-8-7-9-14(17)21(19(25)26)12-24(13-21)20(27)28-6-3;1-4-16(24)17(5-2)29-18(25)11-23-15-10-8-7-9-14(15)21(19(23)26)12-22(13-21)20(27)28-6-3;1-2-22-14(21)16-8-15(9-16)10-5-3-4-6-11(10)17(13(15)20)7-12(18)19/h8-9,12-13H,5-7,10-11,14-18H2,1-4H3;7-8,11-12,30H,4-6,9-10,13-17H2,1-3H3;7-10H,4-6,11-13H2,1-3H3,(H,22,23);7-10,17H,4-6,11-13H2,1-3H3;3-6H,2,7-9H2,1H3,(H,18,19). The number of amides is 10. The maximum absolute atomic E-state index is 13.9. The van der Waals surface area contributed by atoms with Crippen LogP contribution in [-0.2, 0) is 175 Å². The molecule has 13 heterocycles. The molecule has 8 aromatic rings. The van der Waals surface area contributed by atoms with Gasteiger partial charge in [0.15, 0.2) is 11.9 Å². The van der Waals surface area contributed by atoms with E-state index < -0.39 is 57.3 Å². The number of esters is 2. The molecule has 0 saturated carbocycles. The molecule has 3 N–H and O–H groups in total. The van der Waals surface area contributed by atoms with Gasteiger partial charge in [-0.15, -0.1) is 0 Å². The molecule has 39 heteroatoms. The second kappa shape index (κ2) is 47.1. The normalized spacial score (nSPS) is 16.8. The zero-order valence-corrected chi connectivity index (χ0v) is 87.3. The molecule has 148 heavy (non-hydrogen) atoms. The molecule has 792 valence electrons. The summed E-state index contributed by atoms with van der Waals surface area (Å²) < 4.78 is 40.2. The fraction of sp³-hybridized carbons (Fsp3) is 0.514. The number of benzene rings is 5. The van der Waals surface area contributed by atoms with Crippen LogP contribution in [0.2, 0.25) is 0 Å². The van der Waals surface area contributed by atoms with Gasteiger partial charge in [-0.05, 0) is 163 Å². The lowest BCUT2D eigenvalue weighted by atomic mass is 9.75. The van der Waals surface area contributed by atoms with E-state index in [1.165, 1.54) is 37.9 Å². The van der Waals surface area contributed by atoms with Crippen LogP contribution in [0.25, 0.3) is 0 Å². The molecule has 0 radical (unpaired) electrons. The van der Waals surface area contributed by atoms with Crippen molar-refractivity contribution in [2.45, 2.75) is 240 Å². The lowest BCUT2D eigenvalue weighted by molar-refractivity contribution is -0.154. The topological polar surface area (TPSA) is 441 Å². The second-order valence-corrected chi connectivity index (χ2v) is 38.2. The summed E-state index contributed by atoms with van der Waals surface area (Å²) in [5.74, 6) is -0.0217. The number of likely N-dealkylation sites (tertiary alicyclic amines) is 5. The molecule has 10 aliphatic heterocycles. The Bertz CT molecular complexity index is 6250. The molecule has 18 rings (SSSR count). The highest BCUT2D eigenvalue weighted by Gasteiger charge is 2.65. The van der Waals surface area contributed by atoms with Crippen LogP contribution >= 0.6 is 0 Å². The molecule has 10 aliphatic rings. The Morgan fingerprint density at radius 3 is 0.966 bits per heavy atom. The van der Waals surface area contributed by atoms with Crippen LogP contribution in [0, 0.1) is 0 Å². The third-order valence-corrected chi connectivity index (χ3v) is 29.2. The molecule has 10 amide bonds. The number of hydrogen-bond acceptors (Lipinski definition) is 25. The summed E-state index contributed by atoms with van der Waals surface area (Å²) in [7, 11) is 0. The van der Waals surface area contributed by atoms with Gasteiger partial charge in [0.05, 0.1) is 76.4 Å². The van der Waals surface area contributed by atoms with Gasteiger partial charge in [-0.25, -0.2) is 38.9 Å². The van der Waals surface area contributed by atoms with Crippen molar-refractivity contribution in [3.63, 3.8) is 0 Å². The molecule has 1 atom stereocenters. The van der Waals surface area contributed by atoms with E-state index in [1.807, 2.05) is 107 Å². The zero-order chi connectivity index (χ0) is 106. The first kappa shape index (κ1) is 109. The monoisotopic (exact) mass is 2040 g/mol. The number of H-pyrrole nitrogens is 1. The average molecular weight is 2040 g/mol. The lowest BCUT2D eigenvalue weighted by Crippen LogP contribution is -2.65. The smallest absolute Gasteiger partial charge is 0.409 e. The number of carboxylic acids is 1. The Hall–Kier alpha value is -14.5. The fourth-order valence-corrected chi connectivity index (χ4v) is 22.0. The summed E-state index contributed by atoms with van der Waals surface area (Å²) in [6.07, 6.45) is 6.21. The summed E-state index contributed by atoms with van der Waals surface area (Å²) >= 11 is 0. The Balaban J connectivity index is 0.000000147. The summed E-state index contributed by atoms with van der Waals surface area (Å²) in [5, 5.41) is 18.2. The molecule has 39 nitrogen and oxygen atoms in total. The van der Waals surface area contributed by atoms with Gasteiger partial charge in [0.25, 0.3) is 0 Å². The van der Waals surface area contributed by atoms with Crippen molar-refractivity contribution < 1.29 is 110 Å². The van der Waals surface area contributed by atoms with Crippen molar-refractivity contribution in [2.75, 3.05) is 149 Å². The molecule has 5 aromatic carbocycles. The number of hydrogen-bond donors (Lipinski definition) is 3. The second-order valence-electron chi connectivity index (χ2n) is 38.2. The number of nitrogens with one attached hydrogen (secondary N) is 1. The number of anilines is 5. The summed E-state index contributed by atoms with van der Waals surface area (Å²) in [6.45, 7) is 33.3. The lowest BCUT2D eigenvalue weighted by Gasteiger charge is -2.45. The Morgan fingerprint density at radius 1 is 0.372 bits per heavy atom. The van der Waals surface area contributed by atoms with Gasteiger partial charge in [0.1, 0.15) is 57.6 Å². The van der Waals surface area contributed by atoms with E-state index in [4.69, 9.17) is 53.2 Å². The SMILES string of the molecule is CCOC(=O)N1CC2(C1)C(=O)N(CC(=O)O)c1ccccc12.CCOC(=O)N1CC2(C1)C(=O)N(CC(=O)OC(CC)C(=O)CC)c1ccccc12.CCOC(=O)N1CC2(C1)C(=O)N(Cc1nc(CC)c(CC)[nH]1)c1ccccc12.CCOC(=O)N1CC2(C1)C(=O)N(Cc1nc(CC)c(CC)n1CCCCO)c1ccccc12.CCOC(=O)N1CC2(C1)C(=O)N(Cc1nc(CC)c(CC)n1CCCCOC(C)=O)c1ccccc12. The van der Waals surface area contributed by atoms with Crippen LogP contribution in [-0.4, -0.2) is 278 Å². The number of imidazole rings is 3. The first-order valence-electron chi connectivity index (χ1n) is 51.8. The van der Waals surface area contributed by atoms with Crippen molar-refractivity contribution >= 4 is 112 Å². The van der Waals surface area contributed by atoms with Crippen LogP contribution in [0.5, 0.6) is 0 Å². The Morgan fingerprint density at radius 2 is 0.682 bits per heavy atom. The number of carbonyl (C=O) groups excluding carboxylic acids is 13. The van der Waals surface area contributed by atoms with Crippen molar-refractivity contribution in [1.82, 2.24) is 53.6 Å². The van der Waals surface area contributed by atoms with Gasteiger partial charge in [0, 0.05) is 144 Å². The van der Waals surface area contributed by atoms with E-state index in [0.717, 1.165) is 162 Å². The van der Waals surface area contributed by atoms with E-state index in [-0.39, 0.29) is 125 Å². The molecule has 0 aliphatic carbocycles. The first-order chi connectivity index (χ1) is 71.3. The van der Waals surface area contributed by atoms with Crippen LogP contribution in [0.1, 0.15) is 215 Å². The summed E-state index contributed by atoms with van der Waals surface area (Å²) in [5.41, 5.74) is 11.3. The zero-order valence-electron chi connectivity index (χ0n) is 87.3. The van der Waals surface area contributed by atoms with Crippen molar-refractivity contribution in [2.24, 2.45) is 0 Å². The Labute approximate surface area is 861 Å². The quantitative estimate of drug-likeness (QED) is 0.0191. The number of carboxylic acid groups (broad SMARTS) is 1. The number of aromatic amines is 1. The van der Waals surface area contributed by atoms with E-state index in [0.29, 0.717) is 103 Å². The van der Waals surface area contributed by atoms with Gasteiger partial charge in [-0.3, -0.25) is 48.1 Å².